The number of aromatic hydroxyl groups is 1. The van der Waals surface area contributed by atoms with Gasteiger partial charge in [0.25, 0.3) is 0 Å². The molecule has 0 spiro atoms. The van der Waals surface area contributed by atoms with Gasteiger partial charge in [0, 0.05) is 18.0 Å². The lowest BCUT2D eigenvalue weighted by atomic mass is 9.86. The van der Waals surface area contributed by atoms with Crippen molar-refractivity contribution in [3.05, 3.63) is 68.2 Å². The molecule has 1 fully saturated rings. The highest BCUT2D eigenvalue weighted by Gasteiger charge is 2.21. The molecule has 0 amide bonds. The maximum absolute atomic E-state index is 11.1. The van der Waals surface area contributed by atoms with E-state index in [1.165, 1.54) is 30.4 Å². The van der Waals surface area contributed by atoms with Crippen LogP contribution in [0.25, 0.3) is 0 Å². The van der Waals surface area contributed by atoms with Crippen molar-refractivity contribution in [3.63, 3.8) is 0 Å². The summed E-state index contributed by atoms with van der Waals surface area (Å²) in [4.78, 5) is 18.5. The summed E-state index contributed by atoms with van der Waals surface area (Å²) in [6.45, 7) is 6.42. The Morgan fingerprint density at radius 3 is 2.66 bits per heavy atom. The number of pyridine rings is 1. The van der Waals surface area contributed by atoms with Gasteiger partial charge in [-0.05, 0) is 73.6 Å². The van der Waals surface area contributed by atoms with Gasteiger partial charge in [0.15, 0.2) is 5.82 Å². The first-order valence-electron chi connectivity index (χ1n) is 11.4. The largest absolute Gasteiger partial charge is 0.506 e. The lowest BCUT2D eigenvalue weighted by Crippen LogP contribution is -2.10. The number of rotatable bonds is 7. The summed E-state index contributed by atoms with van der Waals surface area (Å²) >= 11 is 0. The number of nitrogens with one attached hydrogen (secondary N) is 1. The molecule has 0 bridgehead atoms. The molecule has 1 aromatic carbocycles. The van der Waals surface area contributed by atoms with Crippen molar-refractivity contribution in [1.82, 2.24) is 15.1 Å². The number of aryl methyl sites for hydroxylation is 1. The van der Waals surface area contributed by atoms with Gasteiger partial charge in [-0.25, -0.2) is 4.79 Å². The summed E-state index contributed by atoms with van der Waals surface area (Å²) in [6.07, 6.45) is 7.48. The van der Waals surface area contributed by atoms with Crippen molar-refractivity contribution in [2.75, 3.05) is 0 Å². The first-order valence-corrected chi connectivity index (χ1v) is 11.4. The molecule has 1 saturated carbocycles. The van der Waals surface area contributed by atoms with Crippen molar-refractivity contribution in [2.45, 2.75) is 78.2 Å². The van der Waals surface area contributed by atoms with Crippen LogP contribution >= 0.6 is 0 Å². The van der Waals surface area contributed by atoms with Crippen molar-refractivity contribution in [3.8, 4) is 11.5 Å². The lowest BCUT2D eigenvalue weighted by molar-refractivity contribution is 0.283. The van der Waals surface area contributed by atoms with E-state index in [9.17, 15) is 9.90 Å². The molecule has 2 N–H and O–H groups in total. The van der Waals surface area contributed by atoms with E-state index in [1.54, 1.807) is 6.07 Å². The Bertz CT molecular complexity index is 1140. The molecule has 7 heteroatoms. The van der Waals surface area contributed by atoms with Crippen LogP contribution in [0, 0.1) is 13.8 Å². The highest BCUT2D eigenvalue weighted by molar-refractivity contribution is 5.50. The van der Waals surface area contributed by atoms with Crippen molar-refractivity contribution in [2.24, 2.45) is 0 Å². The second-order valence-corrected chi connectivity index (χ2v) is 8.68. The highest BCUT2D eigenvalue weighted by atomic mass is 16.5. The van der Waals surface area contributed by atoms with Gasteiger partial charge in [-0.15, -0.1) is 0 Å². The third-order valence-electron chi connectivity index (χ3n) is 6.52. The molecule has 2 aromatic heterocycles. The zero-order valence-electron chi connectivity index (χ0n) is 19.0. The predicted octanol–water partition coefficient (Wildman–Crippen LogP) is 4.86. The summed E-state index contributed by atoms with van der Waals surface area (Å²) in [6, 6.07) is 5.77. The molecular weight excluding hydrogens is 406 g/mol. The van der Waals surface area contributed by atoms with E-state index in [0.717, 1.165) is 47.5 Å². The van der Waals surface area contributed by atoms with E-state index in [2.05, 4.69) is 35.4 Å². The molecule has 7 nitrogen and oxygen atoms in total. The Balaban J connectivity index is 1.59. The number of benzene rings is 1. The molecule has 1 aliphatic rings. The molecule has 0 radical (unpaired) electrons. The second kappa shape index (κ2) is 9.59. The Hall–Kier alpha value is -3.09. The quantitative estimate of drug-likeness (QED) is 0.547. The predicted molar refractivity (Wildman–Crippen MR) is 121 cm³/mol. The molecular formula is C25H31N3O4. The number of ether oxygens (including phenoxy) is 1. The number of hydrogen-bond acceptors (Lipinski definition) is 6. The molecule has 2 heterocycles. The first-order chi connectivity index (χ1) is 15.5. The molecule has 32 heavy (non-hydrogen) atoms. The molecule has 0 aliphatic heterocycles. The average Bonchev–Trinajstić information content (AvgIpc) is 3.22. The Morgan fingerprint density at radius 2 is 1.97 bits per heavy atom. The first kappa shape index (κ1) is 22.1. The van der Waals surface area contributed by atoms with E-state index < -0.39 is 5.76 Å². The van der Waals surface area contributed by atoms with Crippen LogP contribution < -0.4 is 10.5 Å². The smallest absolute Gasteiger partial charge is 0.439 e. The van der Waals surface area contributed by atoms with Crippen LogP contribution in [0.3, 0.4) is 0 Å². The minimum atomic E-state index is -0.588. The monoisotopic (exact) mass is 437 g/mol. The van der Waals surface area contributed by atoms with Crippen molar-refractivity contribution in [1.29, 1.82) is 0 Å². The van der Waals surface area contributed by atoms with Crippen LogP contribution in [-0.2, 0) is 19.4 Å². The summed E-state index contributed by atoms with van der Waals surface area (Å²) in [7, 11) is 0. The van der Waals surface area contributed by atoms with Crippen LogP contribution in [0.15, 0.2) is 27.5 Å². The normalized spacial score (nSPS) is 14.6. The summed E-state index contributed by atoms with van der Waals surface area (Å²) < 4.78 is 10.5. The fourth-order valence-corrected chi connectivity index (χ4v) is 4.81. The molecule has 170 valence electrons. The van der Waals surface area contributed by atoms with Gasteiger partial charge in [0.05, 0.1) is 5.69 Å². The number of hydrogen-bond donors (Lipinski definition) is 2. The van der Waals surface area contributed by atoms with Gasteiger partial charge < -0.3 is 9.84 Å². The fraction of sp³-hybridized carbons (Fsp3) is 0.480. The van der Waals surface area contributed by atoms with Crippen LogP contribution in [0.4, 0.5) is 0 Å². The molecule has 4 rings (SSSR count). The maximum atomic E-state index is 11.1. The van der Waals surface area contributed by atoms with Gasteiger partial charge in [-0.1, -0.05) is 31.3 Å². The van der Waals surface area contributed by atoms with E-state index >= 15 is 0 Å². The highest BCUT2D eigenvalue weighted by Crippen LogP contribution is 2.36. The number of aromatic nitrogens is 3. The fourth-order valence-electron chi connectivity index (χ4n) is 4.81. The minimum Gasteiger partial charge on any atom is -0.506 e. The number of nitrogens with zero attached hydrogens (tertiary/aromatic N) is 2. The van der Waals surface area contributed by atoms with Crippen LogP contribution in [-0.4, -0.2) is 20.2 Å². The molecule has 0 unspecified atom stereocenters. The molecule has 0 atom stereocenters. The van der Waals surface area contributed by atoms with Crippen LogP contribution in [0.5, 0.6) is 11.5 Å². The van der Waals surface area contributed by atoms with Gasteiger partial charge >= 0.3 is 5.76 Å². The molecule has 0 saturated heterocycles. The summed E-state index contributed by atoms with van der Waals surface area (Å²) in [5.41, 5.74) is 6.53. The number of H-pyrrole nitrogens is 1. The van der Waals surface area contributed by atoms with E-state index in [1.807, 2.05) is 12.1 Å². The van der Waals surface area contributed by atoms with Gasteiger partial charge in [0.1, 0.15) is 18.1 Å². The van der Waals surface area contributed by atoms with Crippen LogP contribution in [0.2, 0.25) is 0 Å². The Morgan fingerprint density at radius 1 is 1.19 bits per heavy atom. The number of aromatic amines is 1. The van der Waals surface area contributed by atoms with E-state index in [4.69, 9.17) is 9.72 Å². The van der Waals surface area contributed by atoms with E-state index in [0.29, 0.717) is 23.9 Å². The second-order valence-electron chi connectivity index (χ2n) is 8.68. The lowest BCUT2D eigenvalue weighted by Gasteiger charge is -2.23. The zero-order chi connectivity index (χ0) is 22.7. The SMILES string of the molecule is CCc1c(C)c(OCc2noc(=O)[nH]2)cc(C)c1Cc1ccc(O)c(C2CCCCC2)n1. The zero-order valence-corrected chi connectivity index (χ0v) is 19.0. The molecule has 1 aliphatic carbocycles. The van der Waals surface area contributed by atoms with Crippen LogP contribution in [0.1, 0.15) is 84.4 Å². The van der Waals surface area contributed by atoms with Gasteiger partial charge in [-0.2, -0.15) is 0 Å². The van der Waals surface area contributed by atoms with Gasteiger partial charge in [0.2, 0.25) is 0 Å². The van der Waals surface area contributed by atoms with Gasteiger partial charge in [-0.3, -0.25) is 14.5 Å². The Kier molecular flexibility index (Phi) is 6.63. The summed E-state index contributed by atoms with van der Waals surface area (Å²) in [5.74, 6) is 1.22. The van der Waals surface area contributed by atoms with Crippen molar-refractivity contribution >= 4 is 0 Å². The van der Waals surface area contributed by atoms with Crippen molar-refractivity contribution < 1.29 is 14.4 Å². The standard InChI is InChI=1S/C25H31N3O4/c1-4-19-16(3)22(31-14-23-27-25(30)32-28-23)12-15(2)20(19)13-18-10-11-21(29)24(26-18)17-8-6-5-7-9-17/h10-12,17,29H,4-9,13-14H2,1-3H3,(H,27,28,30). The third-order valence-corrected chi connectivity index (χ3v) is 6.52. The molecule has 3 aromatic rings. The maximum Gasteiger partial charge on any atom is 0.439 e. The van der Waals surface area contributed by atoms with E-state index in [-0.39, 0.29) is 6.61 Å². The minimum absolute atomic E-state index is 0.138. The average molecular weight is 438 g/mol. The third kappa shape index (κ3) is 4.71. The topological polar surface area (TPSA) is 101 Å². The Labute approximate surface area is 187 Å². The summed E-state index contributed by atoms with van der Waals surface area (Å²) in [5, 5.41) is 14.1.